The lowest BCUT2D eigenvalue weighted by molar-refractivity contribution is 0.707. The molecule has 0 aliphatic heterocycles. The van der Waals surface area contributed by atoms with Gasteiger partial charge in [-0.15, -0.1) is 0 Å². The van der Waals surface area contributed by atoms with Crippen molar-refractivity contribution < 1.29 is 0 Å². The molecule has 0 amide bonds. The topological polar surface area (TPSA) is 55.6 Å². The molecule has 0 unspecified atom stereocenters. The smallest absolute Gasteiger partial charge is 0.151 e. The summed E-state index contributed by atoms with van der Waals surface area (Å²) in [7, 11) is 0. The van der Waals surface area contributed by atoms with Crippen LogP contribution in [0.25, 0.3) is 5.69 Å². The summed E-state index contributed by atoms with van der Waals surface area (Å²) < 4.78 is 1.93. The first kappa shape index (κ1) is 13.7. The fraction of sp³-hybridized carbons (Fsp3) is 0.500. The van der Waals surface area contributed by atoms with Crippen LogP contribution in [0.5, 0.6) is 0 Å². The standard InChI is InChI=1S/C14H21N5/c1-4-13-17-14(5-2)19(18-13)12-10-16-8-7-11(12)9-15-6-3/h7-8,10,15H,4-6,9H2,1-3H3. The van der Waals surface area contributed by atoms with Gasteiger partial charge in [0.1, 0.15) is 5.82 Å². The summed E-state index contributed by atoms with van der Waals surface area (Å²) in [6.07, 6.45) is 5.39. The molecule has 0 aliphatic rings. The van der Waals surface area contributed by atoms with Crippen LogP contribution < -0.4 is 5.32 Å². The van der Waals surface area contributed by atoms with Gasteiger partial charge in [-0.1, -0.05) is 20.8 Å². The molecule has 0 aromatic carbocycles. The summed E-state index contributed by atoms with van der Waals surface area (Å²) >= 11 is 0. The highest BCUT2D eigenvalue weighted by Gasteiger charge is 2.12. The van der Waals surface area contributed by atoms with Gasteiger partial charge in [-0.3, -0.25) is 4.98 Å². The zero-order valence-electron chi connectivity index (χ0n) is 11.8. The van der Waals surface area contributed by atoms with Gasteiger partial charge in [0.05, 0.1) is 11.9 Å². The number of nitrogens with zero attached hydrogens (tertiary/aromatic N) is 4. The van der Waals surface area contributed by atoms with Gasteiger partial charge in [0.15, 0.2) is 5.82 Å². The number of hydrogen-bond donors (Lipinski definition) is 1. The quantitative estimate of drug-likeness (QED) is 0.861. The predicted molar refractivity (Wildman–Crippen MR) is 75.3 cm³/mol. The van der Waals surface area contributed by atoms with Crippen molar-refractivity contribution >= 4 is 0 Å². The second kappa shape index (κ2) is 6.43. The second-order valence-electron chi connectivity index (χ2n) is 4.35. The lowest BCUT2D eigenvalue weighted by Crippen LogP contribution is -2.15. The van der Waals surface area contributed by atoms with Crippen molar-refractivity contribution in [2.75, 3.05) is 6.54 Å². The Balaban J connectivity index is 2.42. The van der Waals surface area contributed by atoms with Crippen LogP contribution in [-0.2, 0) is 19.4 Å². The molecule has 2 rings (SSSR count). The van der Waals surface area contributed by atoms with Crippen LogP contribution in [0.4, 0.5) is 0 Å². The van der Waals surface area contributed by atoms with E-state index in [1.54, 1.807) is 0 Å². The van der Waals surface area contributed by atoms with E-state index in [2.05, 4.69) is 41.2 Å². The molecular formula is C14H21N5. The van der Waals surface area contributed by atoms with Gasteiger partial charge >= 0.3 is 0 Å². The van der Waals surface area contributed by atoms with Crippen molar-refractivity contribution in [1.29, 1.82) is 0 Å². The third-order valence-corrected chi connectivity index (χ3v) is 3.03. The highest BCUT2D eigenvalue weighted by Crippen LogP contribution is 2.15. The van der Waals surface area contributed by atoms with E-state index < -0.39 is 0 Å². The van der Waals surface area contributed by atoms with Crippen LogP contribution in [0.1, 0.15) is 38.0 Å². The molecule has 2 heterocycles. The van der Waals surface area contributed by atoms with Crippen LogP contribution >= 0.6 is 0 Å². The lowest BCUT2D eigenvalue weighted by atomic mass is 10.2. The van der Waals surface area contributed by atoms with Gasteiger partial charge in [-0.2, -0.15) is 5.10 Å². The first-order valence-corrected chi connectivity index (χ1v) is 6.88. The van der Waals surface area contributed by atoms with E-state index in [-0.39, 0.29) is 0 Å². The summed E-state index contributed by atoms with van der Waals surface area (Å²) in [6.45, 7) is 8.03. The first-order valence-electron chi connectivity index (χ1n) is 6.88. The van der Waals surface area contributed by atoms with E-state index in [1.165, 1.54) is 5.56 Å². The number of pyridine rings is 1. The summed E-state index contributed by atoms with van der Waals surface area (Å²) in [5.74, 6) is 1.87. The van der Waals surface area contributed by atoms with Gasteiger partial charge in [0, 0.05) is 25.6 Å². The molecule has 0 aliphatic carbocycles. The monoisotopic (exact) mass is 259 g/mol. The average molecular weight is 259 g/mol. The second-order valence-corrected chi connectivity index (χ2v) is 4.35. The lowest BCUT2D eigenvalue weighted by Gasteiger charge is -2.10. The van der Waals surface area contributed by atoms with Crippen molar-refractivity contribution in [2.24, 2.45) is 0 Å². The normalized spacial score (nSPS) is 10.9. The van der Waals surface area contributed by atoms with Crippen LogP contribution in [0.2, 0.25) is 0 Å². The van der Waals surface area contributed by atoms with Crippen molar-refractivity contribution in [3.8, 4) is 5.69 Å². The molecule has 0 atom stereocenters. The fourth-order valence-corrected chi connectivity index (χ4v) is 1.98. The highest BCUT2D eigenvalue weighted by molar-refractivity contribution is 5.38. The Bertz CT molecular complexity index is 532. The summed E-state index contributed by atoms with van der Waals surface area (Å²) in [5, 5.41) is 7.92. The van der Waals surface area contributed by atoms with E-state index in [0.717, 1.165) is 43.3 Å². The Morgan fingerprint density at radius 3 is 2.74 bits per heavy atom. The Morgan fingerprint density at radius 1 is 1.21 bits per heavy atom. The molecule has 0 spiro atoms. The minimum atomic E-state index is 0.818. The Labute approximate surface area is 114 Å². The molecular weight excluding hydrogens is 238 g/mol. The molecule has 0 saturated carbocycles. The molecule has 0 radical (unpaired) electrons. The SMILES string of the molecule is CCNCc1ccncc1-n1nc(CC)nc1CC. The Morgan fingerprint density at radius 2 is 2.05 bits per heavy atom. The largest absolute Gasteiger partial charge is 0.313 e. The maximum Gasteiger partial charge on any atom is 0.151 e. The number of aromatic nitrogens is 4. The van der Waals surface area contributed by atoms with Crippen molar-refractivity contribution in [3.05, 3.63) is 35.7 Å². The maximum atomic E-state index is 4.58. The summed E-state index contributed by atoms with van der Waals surface area (Å²) in [4.78, 5) is 8.77. The molecule has 5 heteroatoms. The molecule has 1 N–H and O–H groups in total. The Hall–Kier alpha value is -1.75. The third kappa shape index (κ3) is 2.98. The molecule has 2 aromatic heterocycles. The van der Waals surface area contributed by atoms with Crippen LogP contribution in [0.3, 0.4) is 0 Å². The minimum absolute atomic E-state index is 0.818. The minimum Gasteiger partial charge on any atom is -0.313 e. The van der Waals surface area contributed by atoms with E-state index in [0.29, 0.717) is 0 Å². The molecule has 0 saturated heterocycles. The van der Waals surface area contributed by atoms with Crippen molar-refractivity contribution in [3.63, 3.8) is 0 Å². The molecule has 0 fully saturated rings. The van der Waals surface area contributed by atoms with Gasteiger partial charge in [0.25, 0.3) is 0 Å². The molecule has 19 heavy (non-hydrogen) atoms. The molecule has 0 bridgehead atoms. The third-order valence-electron chi connectivity index (χ3n) is 3.03. The molecule has 102 valence electrons. The molecule has 2 aromatic rings. The summed E-state index contributed by atoms with van der Waals surface area (Å²) in [5.41, 5.74) is 2.21. The summed E-state index contributed by atoms with van der Waals surface area (Å²) in [6, 6.07) is 2.03. The van der Waals surface area contributed by atoms with Gasteiger partial charge in [-0.05, 0) is 18.2 Å². The zero-order valence-corrected chi connectivity index (χ0v) is 11.8. The van der Waals surface area contributed by atoms with Crippen LogP contribution in [0.15, 0.2) is 18.5 Å². The van der Waals surface area contributed by atoms with Crippen molar-refractivity contribution in [1.82, 2.24) is 25.1 Å². The van der Waals surface area contributed by atoms with E-state index >= 15 is 0 Å². The number of nitrogens with one attached hydrogen (secondary N) is 1. The maximum absolute atomic E-state index is 4.58. The Kier molecular flexibility index (Phi) is 4.63. The number of hydrogen-bond acceptors (Lipinski definition) is 4. The van der Waals surface area contributed by atoms with Gasteiger partial charge < -0.3 is 5.32 Å². The van der Waals surface area contributed by atoms with Gasteiger partial charge in [-0.25, -0.2) is 9.67 Å². The number of aryl methyl sites for hydroxylation is 2. The zero-order chi connectivity index (χ0) is 13.7. The fourth-order valence-electron chi connectivity index (χ4n) is 1.98. The average Bonchev–Trinajstić information content (AvgIpc) is 2.88. The van der Waals surface area contributed by atoms with Crippen LogP contribution in [-0.4, -0.2) is 26.3 Å². The van der Waals surface area contributed by atoms with Crippen molar-refractivity contribution in [2.45, 2.75) is 40.2 Å². The number of rotatable bonds is 6. The van der Waals surface area contributed by atoms with Crippen LogP contribution in [0, 0.1) is 0 Å². The van der Waals surface area contributed by atoms with E-state index in [4.69, 9.17) is 0 Å². The van der Waals surface area contributed by atoms with E-state index in [1.807, 2.05) is 23.1 Å². The molecule has 5 nitrogen and oxygen atoms in total. The van der Waals surface area contributed by atoms with Gasteiger partial charge in [0.2, 0.25) is 0 Å². The first-order chi connectivity index (χ1) is 9.30. The predicted octanol–water partition coefficient (Wildman–Crippen LogP) is 1.90. The highest BCUT2D eigenvalue weighted by atomic mass is 15.4. The van der Waals surface area contributed by atoms with E-state index in [9.17, 15) is 0 Å².